The molecule has 0 bridgehead atoms. The van der Waals surface area contributed by atoms with Gasteiger partial charge in [0, 0.05) is 6.42 Å². The Bertz CT molecular complexity index is 324. The second-order valence-corrected chi connectivity index (χ2v) is 3.77. The lowest BCUT2D eigenvalue weighted by Crippen LogP contribution is -2.07. The van der Waals surface area contributed by atoms with Gasteiger partial charge in [-0.2, -0.15) is 0 Å². The quantitative estimate of drug-likeness (QED) is 0.597. The molecule has 84 valence electrons. The predicted octanol–water partition coefficient (Wildman–Crippen LogP) is 2.27. The Kier molecular flexibility index (Phi) is 4.59. The number of hydrogen-bond donors (Lipinski definition) is 1. The standard InChI is InChI=1S/C12H19NO2/c1-9-7-11(3)12(8-10(9)2)14-5-4-6-15-13/h7-8H,4-6,13H2,1-3H3. The molecule has 0 aromatic heterocycles. The Morgan fingerprint density at radius 1 is 1.00 bits per heavy atom. The average Bonchev–Trinajstić information content (AvgIpc) is 2.20. The van der Waals surface area contributed by atoms with Crippen LogP contribution in [0.2, 0.25) is 0 Å². The molecule has 0 aliphatic rings. The highest BCUT2D eigenvalue weighted by atomic mass is 16.6. The van der Waals surface area contributed by atoms with Crippen molar-refractivity contribution < 1.29 is 9.57 Å². The largest absolute Gasteiger partial charge is 0.493 e. The summed E-state index contributed by atoms with van der Waals surface area (Å²) in [6, 6.07) is 4.22. The summed E-state index contributed by atoms with van der Waals surface area (Å²) in [6.45, 7) is 7.42. The summed E-state index contributed by atoms with van der Waals surface area (Å²) >= 11 is 0. The molecule has 0 radical (unpaired) electrons. The molecule has 0 spiro atoms. The van der Waals surface area contributed by atoms with Gasteiger partial charge in [0.1, 0.15) is 5.75 Å². The van der Waals surface area contributed by atoms with Gasteiger partial charge in [-0.1, -0.05) is 6.07 Å². The van der Waals surface area contributed by atoms with Crippen molar-refractivity contribution in [2.24, 2.45) is 5.90 Å². The summed E-state index contributed by atoms with van der Waals surface area (Å²) in [7, 11) is 0. The number of hydrogen-bond acceptors (Lipinski definition) is 3. The molecule has 0 unspecified atom stereocenters. The van der Waals surface area contributed by atoms with E-state index in [0.29, 0.717) is 13.2 Å². The van der Waals surface area contributed by atoms with Crippen LogP contribution in [0.4, 0.5) is 0 Å². The minimum Gasteiger partial charge on any atom is -0.493 e. The predicted molar refractivity (Wildman–Crippen MR) is 60.9 cm³/mol. The average molecular weight is 209 g/mol. The smallest absolute Gasteiger partial charge is 0.122 e. The first-order valence-corrected chi connectivity index (χ1v) is 5.17. The van der Waals surface area contributed by atoms with Crippen molar-refractivity contribution >= 4 is 0 Å². The van der Waals surface area contributed by atoms with E-state index in [0.717, 1.165) is 12.2 Å². The van der Waals surface area contributed by atoms with E-state index in [-0.39, 0.29) is 0 Å². The maximum atomic E-state index is 5.64. The third kappa shape index (κ3) is 3.53. The van der Waals surface area contributed by atoms with Crippen molar-refractivity contribution in [3.8, 4) is 5.75 Å². The van der Waals surface area contributed by atoms with Crippen LogP contribution in [0, 0.1) is 20.8 Å². The molecule has 1 aromatic carbocycles. The number of benzene rings is 1. The summed E-state index contributed by atoms with van der Waals surface area (Å²) in [6.07, 6.45) is 0.808. The zero-order valence-electron chi connectivity index (χ0n) is 9.67. The van der Waals surface area contributed by atoms with Crippen LogP contribution in [-0.4, -0.2) is 13.2 Å². The highest BCUT2D eigenvalue weighted by Gasteiger charge is 2.02. The van der Waals surface area contributed by atoms with Crippen LogP contribution in [0.25, 0.3) is 0 Å². The number of ether oxygens (including phenoxy) is 1. The Hall–Kier alpha value is -1.06. The zero-order chi connectivity index (χ0) is 11.3. The molecule has 0 heterocycles. The lowest BCUT2D eigenvalue weighted by molar-refractivity contribution is 0.122. The van der Waals surface area contributed by atoms with Gasteiger partial charge in [-0.3, -0.25) is 0 Å². The first-order chi connectivity index (χ1) is 7.15. The van der Waals surface area contributed by atoms with Crippen LogP contribution in [0.5, 0.6) is 5.75 Å². The highest BCUT2D eigenvalue weighted by molar-refractivity contribution is 5.40. The van der Waals surface area contributed by atoms with Gasteiger partial charge in [0.2, 0.25) is 0 Å². The molecular formula is C12H19NO2. The Balaban J connectivity index is 2.57. The fourth-order valence-electron chi connectivity index (χ4n) is 1.41. The van der Waals surface area contributed by atoms with Crippen LogP contribution in [0.1, 0.15) is 23.1 Å². The van der Waals surface area contributed by atoms with Gasteiger partial charge < -0.3 is 9.57 Å². The summed E-state index contributed by atoms with van der Waals surface area (Å²) in [4.78, 5) is 4.47. The third-order valence-corrected chi connectivity index (χ3v) is 2.46. The molecule has 15 heavy (non-hydrogen) atoms. The van der Waals surface area contributed by atoms with E-state index in [2.05, 4.69) is 37.7 Å². The summed E-state index contributed by atoms with van der Waals surface area (Å²) in [5.41, 5.74) is 3.72. The van der Waals surface area contributed by atoms with Crippen molar-refractivity contribution in [3.63, 3.8) is 0 Å². The van der Waals surface area contributed by atoms with Crippen molar-refractivity contribution in [2.45, 2.75) is 27.2 Å². The molecule has 3 heteroatoms. The number of aryl methyl sites for hydroxylation is 3. The summed E-state index contributed by atoms with van der Waals surface area (Å²) in [5.74, 6) is 5.88. The van der Waals surface area contributed by atoms with Gasteiger partial charge in [0.25, 0.3) is 0 Å². The van der Waals surface area contributed by atoms with Gasteiger partial charge in [0.05, 0.1) is 13.2 Å². The molecular weight excluding hydrogens is 190 g/mol. The van der Waals surface area contributed by atoms with Gasteiger partial charge in [0.15, 0.2) is 0 Å². The van der Waals surface area contributed by atoms with E-state index in [9.17, 15) is 0 Å². The molecule has 0 saturated carbocycles. The molecule has 0 saturated heterocycles. The molecule has 3 nitrogen and oxygen atoms in total. The topological polar surface area (TPSA) is 44.5 Å². The molecule has 1 rings (SSSR count). The molecule has 0 fully saturated rings. The van der Waals surface area contributed by atoms with Gasteiger partial charge in [-0.15, -0.1) is 0 Å². The first-order valence-electron chi connectivity index (χ1n) is 5.17. The molecule has 1 aromatic rings. The monoisotopic (exact) mass is 209 g/mol. The first kappa shape index (κ1) is 12.0. The van der Waals surface area contributed by atoms with E-state index in [1.807, 2.05) is 0 Å². The lowest BCUT2D eigenvalue weighted by Gasteiger charge is -2.11. The Morgan fingerprint density at radius 3 is 2.33 bits per heavy atom. The molecule has 0 amide bonds. The van der Waals surface area contributed by atoms with Crippen molar-refractivity contribution in [1.29, 1.82) is 0 Å². The highest BCUT2D eigenvalue weighted by Crippen LogP contribution is 2.22. The number of nitrogens with two attached hydrogens (primary N) is 1. The minimum atomic E-state index is 0.532. The Labute approximate surface area is 91.1 Å². The molecule has 0 aliphatic carbocycles. The molecule has 2 N–H and O–H groups in total. The van der Waals surface area contributed by atoms with Crippen LogP contribution in [0.15, 0.2) is 12.1 Å². The van der Waals surface area contributed by atoms with E-state index in [1.165, 1.54) is 16.7 Å². The maximum absolute atomic E-state index is 5.64. The van der Waals surface area contributed by atoms with Crippen LogP contribution in [-0.2, 0) is 4.84 Å². The van der Waals surface area contributed by atoms with Gasteiger partial charge in [-0.25, -0.2) is 5.90 Å². The fraction of sp³-hybridized carbons (Fsp3) is 0.500. The molecule has 0 atom stereocenters. The number of rotatable bonds is 5. The fourth-order valence-corrected chi connectivity index (χ4v) is 1.41. The van der Waals surface area contributed by atoms with Crippen LogP contribution >= 0.6 is 0 Å². The summed E-state index contributed by atoms with van der Waals surface area (Å²) in [5, 5.41) is 0. The van der Waals surface area contributed by atoms with Gasteiger partial charge in [-0.05, 0) is 43.5 Å². The van der Waals surface area contributed by atoms with Crippen molar-refractivity contribution in [2.75, 3.05) is 13.2 Å². The Morgan fingerprint density at radius 2 is 1.67 bits per heavy atom. The summed E-state index contributed by atoms with van der Waals surface area (Å²) < 4.78 is 5.64. The normalized spacial score (nSPS) is 10.4. The van der Waals surface area contributed by atoms with Gasteiger partial charge >= 0.3 is 0 Å². The lowest BCUT2D eigenvalue weighted by atomic mass is 10.1. The third-order valence-electron chi connectivity index (χ3n) is 2.46. The van der Waals surface area contributed by atoms with E-state index in [4.69, 9.17) is 10.6 Å². The SMILES string of the molecule is Cc1cc(C)c(OCCCON)cc1C. The van der Waals surface area contributed by atoms with E-state index < -0.39 is 0 Å². The molecule has 0 aliphatic heterocycles. The zero-order valence-corrected chi connectivity index (χ0v) is 9.67. The van der Waals surface area contributed by atoms with Crippen LogP contribution in [0.3, 0.4) is 0 Å². The van der Waals surface area contributed by atoms with Crippen LogP contribution < -0.4 is 10.6 Å². The van der Waals surface area contributed by atoms with Crippen molar-refractivity contribution in [1.82, 2.24) is 0 Å². The van der Waals surface area contributed by atoms with E-state index >= 15 is 0 Å². The second-order valence-electron chi connectivity index (χ2n) is 3.77. The van der Waals surface area contributed by atoms with Crippen molar-refractivity contribution in [3.05, 3.63) is 28.8 Å². The minimum absolute atomic E-state index is 0.532. The second kappa shape index (κ2) is 5.73. The maximum Gasteiger partial charge on any atom is 0.122 e. The van der Waals surface area contributed by atoms with E-state index in [1.54, 1.807) is 0 Å².